The Balaban J connectivity index is 2.47. The predicted octanol–water partition coefficient (Wildman–Crippen LogP) is 1.33. The van der Waals surface area contributed by atoms with E-state index in [0.29, 0.717) is 11.1 Å². The third-order valence-electron chi connectivity index (χ3n) is 2.85. The van der Waals surface area contributed by atoms with Crippen molar-refractivity contribution >= 4 is 22.7 Å². The number of carbonyl (C=O) groups is 2. The average molecular weight is 262 g/mol. The van der Waals surface area contributed by atoms with Gasteiger partial charge in [-0.2, -0.15) is 5.10 Å². The highest BCUT2D eigenvalue weighted by atomic mass is 16.5. The number of hydrogen-bond acceptors (Lipinski definition) is 5. The fraction of sp³-hybridized carbons (Fsp3) is 0.308. The molecule has 0 bridgehead atoms. The van der Waals surface area contributed by atoms with Crippen LogP contribution < -0.4 is 4.74 Å². The van der Waals surface area contributed by atoms with E-state index < -0.39 is 5.97 Å². The van der Waals surface area contributed by atoms with Gasteiger partial charge in [0, 0.05) is 12.4 Å². The molecule has 2 rings (SSSR count). The van der Waals surface area contributed by atoms with Crippen molar-refractivity contribution in [1.82, 2.24) is 9.78 Å². The highest BCUT2D eigenvalue weighted by Crippen LogP contribution is 2.24. The zero-order valence-electron chi connectivity index (χ0n) is 11.0. The van der Waals surface area contributed by atoms with E-state index >= 15 is 0 Å². The van der Waals surface area contributed by atoms with Gasteiger partial charge < -0.3 is 9.47 Å². The second kappa shape index (κ2) is 5.09. The van der Waals surface area contributed by atoms with Gasteiger partial charge in [0.05, 0.1) is 19.7 Å². The highest BCUT2D eigenvalue weighted by Gasteiger charge is 2.19. The van der Waals surface area contributed by atoms with Crippen LogP contribution in [0.1, 0.15) is 16.9 Å². The summed E-state index contributed by atoms with van der Waals surface area (Å²) in [5.41, 5.74) is 1.05. The largest absolute Gasteiger partial charge is 0.497 e. The summed E-state index contributed by atoms with van der Waals surface area (Å²) < 4.78 is 11.2. The number of ether oxygens (including phenoxy) is 2. The van der Waals surface area contributed by atoms with Crippen LogP contribution in [-0.4, -0.2) is 35.8 Å². The van der Waals surface area contributed by atoms with Gasteiger partial charge in [0.1, 0.15) is 17.9 Å². The summed E-state index contributed by atoms with van der Waals surface area (Å²) in [5.74, 6) is -0.315. The van der Waals surface area contributed by atoms with Crippen molar-refractivity contribution in [1.29, 1.82) is 0 Å². The van der Waals surface area contributed by atoms with Crippen LogP contribution >= 0.6 is 0 Å². The normalized spacial score (nSPS) is 10.5. The number of Topliss-reactive ketones (excluding diaryl/α,β-unsaturated/α-hetero) is 1. The first-order valence-corrected chi connectivity index (χ1v) is 5.67. The summed E-state index contributed by atoms with van der Waals surface area (Å²) >= 11 is 0. The molecule has 2 aromatic rings. The first-order chi connectivity index (χ1) is 9.06. The summed E-state index contributed by atoms with van der Waals surface area (Å²) in [4.78, 5) is 23.2. The smallest absolute Gasteiger partial charge is 0.313 e. The van der Waals surface area contributed by atoms with Crippen LogP contribution in [0.3, 0.4) is 0 Å². The second-order valence-corrected chi connectivity index (χ2v) is 4.03. The van der Waals surface area contributed by atoms with Gasteiger partial charge in [0.15, 0.2) is 5.78 Å². The van der Waals surface area contributed by atoms with E-state index in [2.05, 4.69) is 9.84 Å². The number of esters is 1. The number of nitrogens with zero attached hydrogens (tertiary/aromatic N) is 2. The molecule has 19 heavy (non-hydrogen) atoms. The Morgan fingerprint density at radius 3 is 2.68 bits per heavy atom. The van der Waals surface area contributed by atoms with Crippen LogP contribution in [0.25, 0.3) is 10.9 Å². The van der Waals surface area contributed by atoms with E-state index in [4.69, 9.17) is 4.74 Å². The molecule has 1 heterocycles. The third kappa shape index (κ3) is 2.42. The van der Waals surface area contributed by atoms with Crippen molar-refractivity contribution in [3.05, 3.63) is 23.9 Å². The third-order valence-corrected chi connectivity index (χ3v) is 2.85. The van der Waals surface area contributed by atoms with E-state index in [0.717, 1.165) is 5.52 Å². The van der Waals surface area contributed by atoms with E-state index in [1.54, 1.807) is 31.0 Å². The minimum absolute atomic E-state index is 0.252. The molecule has 0 aliphatic rings. The van der Waals surface area contributed by atoms with Crippen molar-refractivity contribution in [2.45, 2.75) is 6.42 Å². The second-order valence-electron chi connectivity index (χ2n) is 4.03. The number of rotatable bonds is 4. The average Bonchev–Trinajstić information content (AvgIpc) is 2.75. The van der Waals surface area contributed by atoms with E-state index in [1.807, 2.05) is 6.07 Å². The number of hydrogen-bond donors (Lipinski definition) is 0. The molecule has 100 valence electrons. The van der Waals surface area contributed by atoms with Gasteiger partial charge in [-0.05, 0) is 18.2 Å². The maximum absolute atomic E-state index is 12.0. The SMILES string of the molecule is COC(=O)CC(=O)c1nn(C)c2ccc(OC)cc12. The molecule has 1 aromatic carbocycles. The molecule has 0 unspecified atom stereocenters. The molecule has 0 N–H and O–H groups in total. The van der Waals surface area contributed by atoms with Gasteiger partial charge in [-0.3, -0.25) is 14.3 Å². The Bertz CT molecular complexity index is 645. The summed E-state index contributed by atoms with van der Waals surface area (Å²) in [7, 11) is 4.53. The topological polar surface area (TPSA) is 70.4 Å². The fourth-order valence-corrected chi connectivity index (χ4v) is 1.86. The monoisotopic (exact) mass is 262 g/mol. The highest BCUT2D eigenvalue weighted by molar-refractivity contribution is 6.12. The van der Waals surface area contributed by atoms with E-state index in [9.17, 15) is 9.59 Å². The Kier molecular flexibility index (Phi) is 3.50. The number of fused-ring (bicyclic) bond motifs is 1. The molecule has 0 atom stereocenters. The molecule has 0 spiro atoms. The van der Waals surface area contributed by atoms with Gasteiger partial charge in [0.2, 0.25) is 0 Å². The molecule has 0 saturated heterocycles. The number of ketones is 1. The summed E-state index contributed by atoms with van der Waals surface area (Å²) in [6, 6.07) is 5.33. The van der Waals surface area contributed by atoms with Crippen LogP contribution in [0.5, 0.6) is 5.75 Å². The molecule has 0 amide bonds. The lowest BCUT2D eigenvalue weighted by atomic mass is 10.1. The molecular weight excluding hydrogens is 248 g/mol. The number of aryl methyl sites for hydroxylation is 1. The van der Waals surface area contributed by atoms with Crippen molar-refractivity contribution < 1.29 is 19.1 Å². The standard InChI is InChI=1S/C13H14N2O4/c1-15-10-5-4-8(18-2)6-9(10)13(14-15)11(16)7-12(17)19-3/h4-6H,7H2,1-3H3. The Labute approximate surface area is 109 Å². The molecule has 0 aliphatic heterocycles. The lowest BCUT2D eigenvalue weighted by Crippen LogP contribution is -2.10. The molecule has 0 fully saturated rings. The van der Waals surface area contributed by atoms with Gasteiger partial charge in [-0.25, -0.2) is 0 Å². The molecule has 0 saturated carbocycles. The Morgan fingerprint density at radius 2 is 2.05 bits per heavy atom. The quantitative estimate of drug-likeness (QED) is 0.472. The van der Waals surface area contributed by atoms with Gasteiger partial charge in [-0.1, -0.05) is 0 Å². The minimum Gasteiger partial charge on any atom is -0.497 e. The van der Waals surface area contributed by atoms with E-state index in [1.165, 1.54) is 7.11 Å². The van der Waals surface area contributed by atoms with Crippen molar-refractivity contribution in [2.24, 2.45) is 7.05 Å². The number of aromatic nitrogens is 2. The maximum atomic E-state index is 12.0. The van der Waals surface area contributed by atoms with Crippen molar-refractivity contribution in [3.63, 3.8) is 0 Å². The lowest BCUT2D eigenvalue weighted by Gasteiger charge is -2.00. The van der Waals surface area contributed by atoms with Crippen molar-refractivity contribution in [2.75, 3.05) is 14.2 Å². The van der Waals surface area contributed by atoms with Gasteiger partial charge in [0.25, 0.3) is 0 Å². The molecule has 0 radical (unpaired) electrons. The predicted molar refractivity (Wildman–Crippen MR) is 68.2 cm³/mol. The molecular formula is C13H14N2O4. The van der Waals surface area contributed by atoms with Gasteiger partial charge >= 0.3 is 5.97 Å². The number of methoxy groups -OCH3 is 2. The molecule has 1 aromatic heterocycles. The molecule has 6 nitrogen and oxygen atoms in total. The molecule has 0 aliphatic carbocycles. The van der Waals surface area contributed by atoms with E-state index in [-0.39, 0.29) is 17.9 Å². The summed E-state index contributed by atoms with van der Waals surface area (Å²) in [5, 5.41) is 4.82. The molecule has 6 heteroatoms. The van der Waals surface area contributed by atoms with Crippen LogP contribution in [0.2, 0.25) is 0 Å². The van der Waals surface area contributed by atoms with Crippen LogP contribution in [0, 0.1) is 0 Å². The Morgan fingerprint density at radius 1 is 1.32 bits per heavy atom. The summed E-state index contributed by atoms with van der Waals surface area (Å²) in [6.45, 7) is 0. The van der Waals surface area contributed by atoms with Crippen LogP contribution in [0.15, 0.2) is 18.2 Å². The Hall–Kier alpha value is -2.37. The first kappa shape index (κ1) is 13.1. The van der Waals surface area contributed by atoms with Crippen molar-refractivity contribution in [3.8, 4) is 5.75 Å². The lowest BCUT2D eigenvalue weighted by molar-refractivity contribution is -0.139. The maximum Gasteiger partial charge on any atom is 0.313 e. The van der Waals surface area contributed by atoms with Crippen LogP contribution in [0.4, 0.5) is 0 Å². The fourth-order valence-electron chi connectivity index (χ4n) is 1.86. The number of benzene rings is 1. The van der Waals surface area contributed by atoms with Gasteiger partial charge in [-0.15, -0.1) is 0 Å². The first-order valence-electron chi connectivity index (χ1n) is 5.67. The zero-order chi connectivity index (χ0) is 14.0. The zero-order valence-corrected chi connectivity index (χ0v) is 11.0. The number of carbonyl (C=O) groups excluding carboxylic acids is 2. The minimum atomic E-state index is -0.577. The summed E-state index contributed by atoms with van der Waals surface area (Å²) in [6.07, 6.45) is -0.320. The van der Waals surface area contributed by atoms with Crippen LogP contribution in [-0.2, 0) is 16.6 Å².